The summed E-state index contributed by atoms with van der Waals surface area (Å²) in [4.78, 5) is 30.0. The van der Waals surface area contributed by atoms with Crippen LogP contribution < -0.4 is 0 Å². The van der Waals surface area contributed by atoms with E-state index in [0.717, 1.165) is 5.39 Å². The Balaban J connectivity index is 2.36. The van der Waals surface area contributed by atoms with Crippen molar-refractivity contribution in [3.63, 3.8) is 0 Å². The van der Waals surface area contributed by atoms with E-state index < -0.39 is 11.9 Å². The van der Waals surface area contributed by atoms with Crippen LogP contribution in [0.2, 0.25) is 0 Å². The normalized spacial score (nSPS) is 10.8. The number of nitrogens with zero attached hydrogens (tertiary/aromatic N) is 2. The third kappa shape index (κ3) is 1.83. The summed E-state index contributed by atoms with van der Waals surface area (Å²) in [5.41, 5.74) is 0.926. The predicted molar refractivity (Wildman–Crippen MR) is 71.0 cm³/mol. The van der Waals surface area contributed by atoms with Crippen LogP contribution in [0, 0.1) is 0 Å². The summed E-state index contributed by atoms with van der Waals surface area (Å²) in [6, 6.07) is 8.04. The molecular weight excluding hydrogens is 260 g/mol. The Morgan fingerprint density at radius 3 is 2.30 bits per heavy atom. The third-order valence-electron chi connectivity index (χ3n) is 2.98. The first kappa shape index (κ1) is 12.0. The molecule has 0 saturated heterocycles. The number of hydrogen-bond donors (Lipinski definition) is 2. The molecule has 2 heterocycles. The lowest BCUT2D eigenvalue weighted by molar-refractivity contribution is 0.0683. The van der Waals surface area contributed by atoms with Gasteiger partial charge in [0, 0.05) is 17.0 Å². The molecule has 0 saturated carbocycles. The molecule has 0 aliphatic carbocycles. The summed E-state index contributed by atoms with van der Waals surface area (Å²) in [7, 11) is 0. The van der Waals surface area contributed by atoms with Gasteiger partial charge in [-0.2, -0.15) is 0 Å². The molecule has 3 rings (SSSR count). The molecule has 2 aromatic heterocycles. The highest BCUT2D eigenvalue weighted by molar-refractivity contribution is 6.05. The van der Waals surface area contributed by atoms with Gasteiger partial charge in [0.2, 0.25) is 0 Å². The van der Waals surface area contributed by atoms with E-state index in [1.54, 1.807) is 18.2 Å². The maximum atomic E-state index is 11.0. The lowest BCUT2D eigenvalue weighted by Crippen LogP contribution is -2.01. The molecule has 0 spiro atoms. The monoisotopic (exact) mass is 268 g/mol. The van der Waals surface area contributed by atoms with Crippen molar-refractivity contribution in [3.05, 3.63) is 47.8 Å². The number of carbonyl (C=O) groups is 2. The Morgan fingerprint density at radius 2 is 1.60 bits per heavy atom. The maximum Gasteiger partial charge on any atom is 0.354 e. The zero-order valence-electron chi connectivity index (χ0n) is 10.1. The lowest BCUT2D eigenvalue weighted by atomic mass is 10.1. The van der Waals surface area contributed by atoms with E-state index in [-0.39, 0.29) is 11.3 Å². The largest absolute Gasteiger partial charge is 0.478 e. The van der Waals surface area contributed by atoms with Crippen LogP contribution in [0.1, 0.15) is 20.8 Å². The number of aromatic carboxylic acids is 2. The molecule has 0 bridgehead atoms. The van der Waals surface area contributed by atoms with Crippen molar-refractivity contribution in [3.8, 4) is 0 Å². The Bertz CT molecular complexity index is 874. The van der Waals surface area contributed by atoms with E-state index in [1.807, 2.05) is 0 Å². The molecule has 0 unspecified atom stereocenters. The number of pyridine rings is 2. The molecule has 1 aromatic carbocycles. The second-order valence-electron chi connectivity index (χ2n) is 4.24. The van der Waals surface area contributed by atoms with E-state index >= 15 is 0 Å². The molecule has 2 N–H and O–H groups in total. The number of benzene rings is 1. The predicted octanol–water partition coefficient (Wildman–Crippen LogP) is 2.18. The average Bonchev–Trinajstić information content (AvgIpc) is 2.45. The quantitative estimate of drug-likeness (QED) is 0.691. The van der Waals surface area contributed by atoms with E-state index in [0.29, 0.717) is 16.4 Å². The van der Waals surface area contributed by atoms with Gasteiger partial charge in [-0.1, -0.05) is 18.2 Å². The second kappa shape index (κ2) is 4.27. The zero-order chi connectivity index (χ0) is 14.3. The van der Waals surface area contributed by atoms with Gasteiger partial charge in [-0.15, -0.1) is 0 Å². The highest BCUT2D eigenvalue weighted by Gasteiger charge is 2.11. The standard InChI is InChI=1S/C14H8N2O4/c17-13(18)9-5-8-2-1-7-3-4-10(14(19)20)16-12(7)11(8)15-6-9/h1-6H,(H,17,18)(H,19,20). The van der Waals surface area contributed by atoms with Crippen LogP contribution in [0.25, 0.3) is 21.8 Å². The topological polar surface area (TPSA) is 100 Å². The number of rotatable bonds is 2. The molecule has 0 amide bonds. The fourth-order valence-corrected chi connectivity index (χ4v) is 2.02. The van der Waals surface area contributed by atoms with Gasteiger partial charge in [-0.25, -0.2) is 14.6 Å². The van der Waals surface area contributed by atoms with Crippen molar-refractivity contribution in [2.45, 2.75) is 0 Å². The Morgan fingerprint density at radius 1 is 0.900 bits per heavy atom. The number of aromatic nitrogens is 2. The molecular formula is C14H8N2O4. The van der Waals surface area contributed by atoms with Crippen molar-refractivity contribution in [1.82, 2.24) is 9.97 Å². The molecule has 6 heteroatoms. The van der Waals surface area contributed by atoms with Gasteiger partial charge in [-0.3, -0.25) is 4.98 Å². The molecule has 3 aromatic rings. The first-order chi connectivity index (χ1) is 9.56. The van der Waals surface area contributed by atoms with E-state index in [1.165, 1.54) is 18.3 Å². The van der Waals surface area contributed by atoms with Crippen LogP contribution in [0.5, 0.6) is 0 Å². The second-order valence-corrected chi connectivity index (χ2v) is 4.24. The van der Waals surface area contributed by atoms with Gasteiger partial charge in [0.1, 0.15) is 5.69 Å². The number of carboxylic acids is 2. The Hall–Kier alpha value is -3.02. The molecule has 0 fully saturated rings. The van der Waals surface area contributed by atoms with Crippen molar-refractivity contribution in [2.75, 3.05) is 0 Å². The molecule has 0 aliphatic rings. The minimum absolute atomic E-state index is 0.0749. The minimum atomic E-state index is -1.12. The fourth-order valence-electron chi connectivity index (χ4n) is 2.02. The van der Waals surface area contributed by atoms with Crippen LogP contribution in [-0.4, -0.2) is 32.1 Å². The van der Waals surface area contributed by atoms with E-state index in [9.17, 15) is 9.59 Å². The highest BCUT2D eigenvalue weighted by Crippen LogP contribution is 2.23. The van der Waals surface area contributed by atoms with Gasteiger partial charge in [0.05, 0.1) is 16.6 Å². The Labute approximate surface area is 112 Å². The van der Waals surface area contributed by atoms with Gasteiger partial charge in [-0.05, 0) is 12.1 Å². The number of hydrogen-bond acceptors (Lipinski definition) is 4. The number of fused-ring (bicyclic) bond motifs is 3. The van der Waals surface area contributed by atoms with Crippen LogP contribution in [0.15, 0.2) is 36.5 Å². The highest BCUT2D eigenvalue weighted by atomic mass is 16.4. The smallest absolute Gasteiger partial charge is 0.354 e. The summed E-state index contributed by atoms with van der Waals surface area (Å²) in [5, 5.41) is 19.3. The van der Waals surface area contributed by atoms with Crippen LogP contribution in [0.3, 0.4) is 0 Å². The third-order valence-corrected chi connectivity index (χ3v) is 2.98. The molecule has 0 radical (unpaired) electrons. The van der Waals surface area contributed by atoms with Gasteiger partial charge < -0.3 is 10.2 Å². The molecule has 6 nitrogen and oxygen atoms in total. The van der Waals surface area contributed by atoms with Crippen molar-refractivity contribution < 1.29 is 19.8 Å². The van der Waals surface area contributed by atoms with Crippen molar-refractivity contribution >= 4 is 33.7 Å². The summed E-state index contributed by atoms with van der Waals surface area (Å²) >= 11 is 0. The summed E-state index contributed by atoms with van der Waals surface area (Å²) in [5.74, 6) is -2.18. The van der Waals surface area contributed by atoms with Crippen LogP contribution >= 0.6 is 0 Å². The minimum Gasteiger partial charge on any atom is -0.478 e. The van der Waals surface area contributed by atoms with Crippen LogP contribution in [0.4, 0.5) is 0 Å². The van der Waals surface area contributed by atoms with Crippen molar-refractivity contribution in [1.29, 1.82) is 0 Å². The van der Waals surface area contributed by atoms with Gasteiger partial charge in [0.15, 0.2) is 0 Å². The van der Waals surface area contributed by atoms with E-state index in [4.69, 9.17) is 10.2 Å². The Kier molecular flexibility index (Phi) is 2.57. The first-order valence-corrected chi connectivity index (χ1v) is 5.72. The molecule has 0 atom stereocenters. The number of carboxylic acid groups (broad SMARTS) is 2. The van der Waals surface area contributed by atoms with Gasteiger partial charge >= 0.3 is 11.9 Å². The van der Waals surface area contributed by atoms with E-state index in [2.05, 4.69) is 9.97 Å². The lowest BCUT2D eigenvalue weighted by Gasteiger charge is -2.04. The summed E-state index contributed by atoms with van der Waals surface area (Å²) < 4.78 is 0. The SMILES string of the molecule is O=C(O)c1cnc2c(ccc3ccc(C(=O)O)nc32)c1. The first-order valence-electron chi connectivity index (χ1n) is 5.72. The summed E-state index contributed by atoms with van der Waals surface area (Å²) in [6.07, 6.45) is 1.24. The maximum absolute atomic E-state index is 11.0. The fraction of sp³-hybridized carbons (Fsp3) is 0. The van der Waals surface area contributed by atoms with Crippen LogP contribution in [-0.2, 0) is 0 Å². The summed E-state index contributed by atoms with van der Waals surface area (Å²) in [6.45, 7) is 0. The van der Waals surface area contributed by atoms with Gasteiger partial charge in [0.25, 0.3) is 0 Å². The molecule has 98 valence electrons. The zero-order valence-corrected chi connectivity index (χ0v) is 10.1. The van der Waals surface area contributed by atoms with Crippen molar-refractivity contribution in [2.24, 2.45) is 0 Å². The molecule has 0 aliphatic heterocycles. The molecule has 20 heavy (non-hydrogen) atoms. The average molecular weight is 268 g/mol.